The summed E-state index contributed by atoms with van der Waals surface area (Å²) in [4.78, 5) is 21.3. The average molecular weight is 418 g/mol. The minimum atomic E-state index is -0.0674. The molecule has 0 atom stereocenters. The number of hydrogen-bond acceptors (Lipinski definition) is 5. The van der Waals surface area contributed by atoms with E-state index in [1.807, 2.05) is 42.8 Å². The molecule has 0 saturated carbocycles. The van der Waals surface area contributed by atoms with Gasteiger partial charge in [0.1, 0.15) is 11.4 Å². The van der Waals surface area contributed by atoms with Gasteiger partial charge in [0.25, 0.3) is 0 Å². The maximum absolute atomic E-state index is 12.5. The summed E-state index contributed by atoms with van der Waals surface area (Å²) in [6.07, 6.45) is 3.29. The molecule has 1 amide bonds. The number of nitrogens with zero attached hydrogens (tertiary/aromatic N) is 4. The molecule has 0 spiro atoms. The van der Waals surface area contributed by atoms with Gasteiger partial charge >= 0.3 is 0 Å². The number of amides is 1. The van der Waals surface area contributed by atoms with Gasteiger partial charge in [-0.2, -0.15) is 5.10 Å². The number of aryl methyl sites for hydroxylation is 4. The van der Waals surface area contributed by atoms with E-state index in [-0.39, 0.29) is 11.7 Å². The monoisotopic (exact) mass is 417 g/mol. The molecular formula is C23H23N5OS. The lowest BCUT2D eigenvalue weighted by Crippen LogP contribution is -2.15. The Morgan fingerprint density at radius 1 is 1.00 bits per heavy atom. The minimum absolute atomic E-state index is 0.0674. The lowest BCUT2D eigenvalue weighted by atomic mass is 10.1. The molecule has 6 nitrogen and oxygen atoms in total. The van der Waals surface area contributed by atoms with Crippen LogP contribution in [0.2, 0.25) is 0 Å². The van der Waals surface area contributed by atoms with E-state index < -0.39 is 0 Å². The van der Waals surface area contributed by atoms with Crippen LogP contribution in [-0.2, 0) is 4.79 Å². The highest BCUT2D eigenvalue weighted by molar-refractivity contribution is 8.00. The van der Waals surface area contributed by atoms with Crippen molar-refractivity contribution < 1.29 is 4.79 Å². The van der Waals surface area contributed by atoms with Crippen LogP contribution < -0.4 is 5.32 Å². The van der Waals surface area contributed by atoms with Gasteiger partial charge in [-0.3, -0.25) is 4.79 Å². The quantitative estimate of drug-likeness (QED) is 0.374. The van der Waals surface area contributed by atoms with Crippen molar-refractivity contribution in [2.45, 2.75) is 32.7 Å². The van der Waals surface area contributed by atoms with E-state index in [9.17, 15) is 4.79 Å². The smallest absolute Gasteiger partial charge is 0.234 e. The van der Waals surface area contributed by atoms with Crippen molar-refractivity contribution in [2.24, 2.45) is 0 Å². The first kappa shape index (κ1) is 20.1. The molecule has 0 aliphatic rings. The molecular weight excluding hydrogens is 394 g/mol. The number of carbonyl (C=O) groups excluding carboxylic acids is 1. The molecule has 4 aromatic rings. The van der Waals surface area contributed by atoms with Crippen molar-refractivity contribution in [3.8, 4) is 5.69 Å². The van der Waals surface area contributed by atoms with Crippen molar-refractivity contribution in [1.82, 2.24) is 19.7 Å². The van der Waals surface area contributed by atoms with Crippen LogP contribution in [0.3, 0.4) is 0 Å². The molecule has 0 fully saturated rings. The van der Waals surface area contributed by atoms with Gasteiger partial charge in [0.2, 0.25) is 5.91 Å². The summed E-state index contributed by atoms with van der Waals surface area (Å²) in [5, 5.41) is 9.10. The molecule has 30 heavy (non-hydrogen) atoms. The lowest BCUT2D eigenvalue weighted by Gasteiger charge is -2.09. The van der Waals surface area contributed by atoms with E-state index in [0.717, 1.165) is 44.1 Å². The second-order valence-corrected chi connectivity index (χ2v) is 8.38. The third-order valence-electron chi connectivity index (χ3n) is 4.92. The molecule has 0 unspecified atom stereocenters. The predicted octanol–water partition coefficient (Wildman–Crippen LogP) is 4.78. The van der Waals surface area contributed by atoms with Gasteiger partial charge in [0.05, 0.1) is 23.0 Å². The first-order valence-electron chi connectivity index (χ1n) is 9.68. The zero-order valence-electron chi connectivity index (χ0n) is 17.4. The largest absolute Gasteiger partial charge is 0.325 e. The van der Waals surface area contributed by atoms with Gasteiger partial charge in [-0.25, -0.2) is 14.6 Å². The number of nitrogens with one attached hydrogen (secondary N) is 1. The van der Waals surface area contributed by atoms with Gasteiger partial charge in [0.15, 0.2) is 5.65 Å². The zero-order chi connectivity index (χ0) is 21.3. The molecule has 0 radical (unpaired) electrons. The lowest BCUT2D eigenvalue weighted by molar-refractivity contribution is -0.113. The Morgan fingerprint density at radius 2 is 1.77 bits per heavy atom. The number of rotatable bonds is 5. The number of carbonyl (C=O) groups is 1. The Labute approximate surface area is 179 Å². The first-order chi connectivity index (χ1) is 14.4. The number of hydrogen-bond donors (Lipinski definition) is 1. The van der Waals surface area contributed by atoms with Crippen molar-refractivity contribution >= 4 is 34.4 Å². The fourth-order valence-corrected chi connectivity index (χ4v) is 4.11. The highest BCUT2D eigenvalue weighted by Gasteiger charge is 2.14. The number of fused-ring (bicyclic) bond motifs is 1. The van der Waals surface area contributed by atoms with Crippen molar-refractivity contribution in [1.29, 1.82) is 0 Å². The van der Waals surface area contributed by atoms with Crippen LogP contribution in [0.25, 0.3) is 16.7 Å². The third kappa shape index (κ3) is 4.07. The first-order valence-corrected chi connectivity index (χ1v) is 10.7. The van der Waals surface area contributed by atoms with Crippen LogP contribution in [0, 0.1) is 27.7 Å². The number of anilines is 1. The van der Waals surface area contributed by atoms with Crippen LogP contribution >= 0.6 is 11.8 Å². The van der Waals surface area contributed by atoms with Gasteiger partial charge < -0.3 is 5.32 Å². The Hall–Kier alpha value is -3.19. The van der Waals surface area contributed by atoms with Crippen LogP contribution in [0.1, 0.15) is 22.3 Å². The van der Waals surface area contributed by atoms with E-state index in [2.05, 4.69) is 46.4 Å². The van der Waals surface area contributed by atoms with Crippen LogP contribution in [0.15, 0.2) is 53.9 Å². The summed E-state index contributed by atoms with van der Waals surface area (Å²) in [6, 6.07) is 12.2. The van der Waals surface area contributed by atoms with Gasteiger partial charge in [-0.1, -0.05) is 41.6 Å². The highest BCUT2D eigenvalue weighted by Crippen LogP contribution is 2.27. The maximum atomic E-state index is 12.5. The molecule has 152 valence electrons. The number of benzene rings is 2. The molecule has 0 aliphatic carbocycles. The normalized spacial score (nSPS) is 11.1. The summed E-state index contributed by atoms with van der Waals surface area (Å²) >= 11 is 1.39. The average Bonchev–Trinajstić information content (AvgIpc) is 3.14. The summed E-state index contributed by atoms with van der Waals surface area (Å²) < 4.78 is 1.83. The second-order valence-electron chi connectivity index (χ2n) is 7.42. The zero-order valence-corrected chi connectivity index (χ0v) is 18.2. The third-order valence-corrected chi connectivity index (χ3v) is 5.92. The molecule has 0 bridgehead atoms. The van der Waals surface area contributed by atoms with Gasteiger partial charge in [0, 0.05) is 5.69 Å². The summed E-state index contributed by atoms with van der Waals surface area (Å²) in [5.41, 5.74) is 7.04. The van der Waals surface area contributed by atoms with Crippen LogP contribution in [0.5, 0.6) is 0 Å². The summed E-state index contributed by atoms with van der Waals surface area (Å²) in [5.74, 6) is 0.191. The standard InChI is InChI=1S/C23H23N5OS/c1-14-6-8-20(17(4)9-14)28-22-18(11-26-28)23(25-13-24-22)30-12-21(29)27-19-10-15(2)5-7-16(19)3/h5-11,13H,12H2,1-4H3,(H,27,29). The summed E-state index contributed by atoms with van der Waals surface area (Å²) in [7, 11) is 0. The molecule has 2 aromatic heterocycles. The molecule has 0 saturated heterocycles. The second kappa shape index (κ2) is 8.28. The van der Waals surface area contributed by atoms with E-state index in [1.54, 1.807) is 6.20 Å². The molecule has 7 heteroatoms. The van der Waals surface area contributed by atoms with Gasteiger partial charge in [-0.15, -0.1) is 0 Å². The fraction of sp³-hybridized carbons (Fsp3) is 0.217. The fourth-order valence-electron chi connectivity index (χ4n) is 3.35. The molecule has 0 aliphatic heterocycles. The topological polar surface area (TPSA) is 72.7 Å². The van der Waals surface area contributed by atoms with Crippen molar-refractivity contribution in [3.05, 3.63) is 71.2 Å². The number of aromatic nitrogens is 4. The molecule has 4 rings (SSSR count). The molecule has 2 aromatic carbocycles. The van der Waals surface area contributed by atoms with E-state index in [0.29, 0.717) is 0 Å². The Balaban J connectivity index is 1.55. The van der Waals surface area contributed by atoms with E-state index in [4.69, 9.17) is 0 Å². The maximum Gasteiger partial charge on any atom is 0.234 e. The molecule has 1 N–H and O–H groups in total. The van der Waals surface area contributed by atoms with Crippen LogP contribution in [0.4, 0.5) is 5.69 Å². The molecule has 2 heterocycles. The summed E-state index contributed by atoms with van der Waals surface area (Å²) in [6.45, 7) is 8.12. The van der Waals surface area contributed by atoms with Crippen molar-refractivity contribution in [2.75, 3.05) is 11.1 Å². The Bertz CT molecular complexity index is 1250. The predicted molar refractivity (Wildman–Crippen MR) is 121 cm³/mol. The van der Waals surface area contributed by atoms with E-state index in [1.165, 1.54) is 23.7 Å². The van der Waals surface area contributed by atoms with Gasteiger partial charge in [-0.05, 0) is 56.5 Å². The minimum Gasteiger partial charge on any atom is -0.325 e. The highest BCUT2D eigenvalue weighted by atomic mass is 32.2. The van der Waals surface area contributed by atoms with Crippen LogP contribution in [-0.4, -0.2) is 31.4 Å². The van der Waals surface area contributed by atoms with Crippen molar-refractivity contribution in [3.63, 3.8) is 0 Å². The Kier molecular flexibility index (Phi) is 5.55. The Morgan fingerprint density at radius 3 is 2.57 bits per heavy atom. The number of thioether (sulfide) groups is 1. The van der Waals surface area contributed by atoms with E-state index >= 15 is 0 Å². The SMILES string of the molecule is Cc1ccc(-n2ncc3c(SCC(=O)Nc4cc(C)ccc4C)ncnc32)c(C)c1.